The van der Waals surface area contributed by atoms with Gasteiger partial charge in [-0.15, -0.1) is 0 Å². The second-order valence-electron chi connectivity index (χ2n) is 4.46. The molecule has 0 heterocycles. The summed E-state index contributed by atoms with van der Waals surface area (Å²) >= 11 is 0. The SMILES string of the molecule is CCCNC(C)c1c(OC)cccc1N(C)C. The number of ether oxygens (including phenoxy) is 1. The Morgan fingerprint density at radius 2 is 2.06 bits per heavy atom. The summed E-state index contributed by atoms with van der Waals surface area (Å²) in [5.41, 5.74) is 2.44. The summed E-state index contributed by atoms with van der Waals surface area (Å²) in [4.78, 5) is 2.13. The van der Waals surface area contributed by atoms with Gasteiger partial charge >= 0.3 is 0 Å². The van der Waals surface area contributed by atoms with Crippen LogP contribution in [0.1, 0.15) is 31.9 Å². The van der Waals surface area contributed by atoms with E-state index in [1.54, 1.807) is 7.11 Å². The van der Waals surface area contributed by atoms with Crippen molar-refractivity contribution in [2.24, 2.45) is 0 Å². The second-order valence-corrected chi connectivity index (χ2v) is 4.46. The Kier molecular flexibility index (Phi) is 5.29. The van der Waals surface area contributed by atoms with Crippen LogP contribution >= 0.6 is 0 Å². The quantitative estimate of drug-likeness (QED) is 0.822. The van der Waals surface area contributed by atoms with Crippen molar-refractivity contribution in [1.82, 2.24) is 5.32 Å². The molecule has 96 valence electrons. The molecule has 0 bridgehead atoms. The third-order valence-electron chi connectivity index (χ3n) is 2.88. The number of rotatable bonds is 6. The zero-order chi connectivity index (χ0) is 12.8. The summed E-state index contributed by atoms with van der Waals surface area (Å²) < 4.78 is 5.47. The first-order chi connectivity index (χ1) is 8.11. The molecule has 0 aliphatic carbocycles. The highest BCUT2D eigenvalue weighted by Gasteiger charge is 2.16. The van der Waals surface area contributed by atoms with E-state index in [9.17, 15) is 0 Å². The van der Waals surface area contributed by atoms with E-state index in [-0.39, 0.29) is 0 Å². The number of nitrogens with zero attached hydrogens (tertiary/aromatic N) is 1. The maximum Gasteiger partial charge on any atom is 0.125 e. The molecule has 1 aromatic carbocycles. The van der Waals surface area contributed by atoms with E-state index in [1.165, 1.54) is 11.3 Å². The lowest BCUT2D eigenvalue weighted by atomic mass is 10.0. The van der Waals surface area contributed by atoms with Crippen LogP contribution < -0.4 is 15.0 Å². The molecule has 0 aliphatic heterocycles. The van der Waals surface area contributed by atoms with Gasteiger partial charge in [0.2, 0.25) is 0 Å². The molecule has 0 saturated heterocycles. The topological polar surface area (TPSA) is 24.5 Å². The molecule has 17 heavy (non-hydrogen) atoms. The Balaban J connectivity index is 3.07. The number of anilines is 1. The average molecular weight is 236 g/mol. The monoisotopic (exact) mass is 236 g/mol. The van der Waals surface area contributed by atoms with Crippen LogP contribution in [0, 0.1) is 0 Å². The number of hydrogen-bond acceptors (Lipinski definition) is 3. The van der Waals surface area contributed by atoms with Crippen LogP contribution in [-0.2, 0) is 0 Å². The van der Waals surface area contributed by atoms with Crippen LogP contribution in [0.3, 0.4) is 0 Å². The fraction of sp³-hybridized carbons (Fsp3) is 0.571. The van der Waals surface area contributed by atoms with E-state index in [0.717, 1.165) is 18.7 Å². The van der Waals surface area contributed by atoms with Crippen LogP contribution in [0.15, 0.2) is 18.2 Å². The number of hydrogen-bond donors (Lipinski definition) is 1. The third-order valence-corrected chi connectivity index (χ3v) is 2.88. The first-order valence-corrected chi connectivity index (χ1v) is 6.19. The number of benzene rings is 1. The van der Waals surface area contributed by atoms with Crippen LogP contribution in [-0.4, -0.2) is 27.7 Å². The largest absolute Gasteiger partial charge is 0.496 e. The van der Waals surface area contributed by atoms with Crippen LogP contribution in [0.2, 0.25) is 0 Å². The minimum Gasteiger partial charge on any atom is -0.496 e. The molecule has 3 heteroatoms. The minimum absolute atomic E-state index is 0.295. The Bertz CT molecular complexity index is 350. The van der Waals surface area contributed by atoms with E-state index in [2.05, 4.69) is 44.2 Å². The molecule has 1 aromatic rings. The van der Waals surface area contributed by atoms with Gasteiger partial charge in [0.15, 0.2) is 0 Å². The Hall–Kier alpha value is -1.22. The number of methoxy groups -OCH3 is 1. The highest BCUT2D eigenvalue weighted by molar-refractivity contribution is 5.60. The predicted octanol–water partition coefficient (Wildman–Crippen LogP) is 2.82. The van der Waals surface area contributed by atoms with Gasteiger partial charge in [0.25, 0.3) is 0 Å². The van der Waals surface area contributed by atoms with Crippen molar-refractivity contribution in [3.63, 3.8) is 0 Å². The van der Waals surface area contributed by atoms with Gasteiger partial charge in [-0.1, -0.05) is 13.0 Å². The lowest BCUT2D eigenvalue weighted by Crippen LogP contribution is -2.22. The summed E-state index contributed by atoms with van der Waals surface area (Å²) in [6.45, 7) is 5.38. The molecule has 1 atom stereocenters. The molecule has 0 radical (unpaired) electrons. The normalized spacial score (nSPS) is 12.3. The molecule has 0 amide bonds. The lowest BCUT2D eigenvalue weighted by Gasteiger charge is -2.24. The van der Waals surface area contributed by atoms with Gasteiger partial charge in [-0.3, -0.25) is 0 Å². The van der Waals surface area contributed by atoms with Crippen molar-refractivity contribution in [3.8, 4) is 5.75 Å². The van der Waals surface area contributed by atoms with E-state index in [0.29, 0.717) is 6.04 Å². The Morgan fingerprint density at radius 3 is 2.59 bits per heavy atom. The van der Waals surface area contributed by atoms with Crippen molar-refractivity contribution in [2.45, 2.75) is 26.3 Å². The molecule has 1 rings (SSSR count). The fourth-order valence-electron chi connectivity index (χ4n) is 2.00. The molecule has 0 aliphatic rings. The molecular formula is C14H24N2O. The summed E-state index contributed by atoms with van der Waals surface area (Å²) in [6, 6.07) is 6.47. The van der Waals surface area contributed by atoms with Crippen LogP contribution in [0.25, 0.3) is 0 Å². The molecular weight excluding hydrogens is 212 g/mol. The van der Waals surface area contributed by atoms with E-state index in [1.807, 2.05) is 12.1 Å². The molecule has 0 aromatic heterocycles. The average Bonchev–Trinajstić information content (AvgIpc) is 2.34. The summed E-state index contributed by atoms with van der Waals surface area (Å²) in [7, 11) is 5.85. The first kappa shape index (κ1) is 13.8. The summed E-state index contributed by atoms with van der Waals surface area (Å²) in [5, 5.41) is 3.51. The van der Waals surface area contributed by atoms with Gasteiger partial charge < -0.3 is 15.0 Å². The predicted molar refractivity (Wildman–Crippen MR) is 74.0 cm³/mol. The summed E-state index contributed by atoms with van der Waals surface area (Å²) in [5.74, 6) is 0.951. The van der Waals surface area contributed by atoms with Crippen molar-refractivity contribution >= 4 is 5.69 Å². The zero-order valence-corrected chi connectivity index (χ0v) is 11.6. The highest BCUT2D eigenvalue weighted by atomic mass is 16.5. The molecule has 0 spiro atoms. The van der Waals surface area contributed by atoms with Gasteiger partial charge in [0, 0.05) is 31.4 Å². The van der Waals surface area contributed by atoms with Gasteiger partial charge in [0.05, 0.1) is 7.11 Å². The van der Waals surface area contributed by atoms with E-state index in [4.69, 9.17) is 4.74 Å². The fourth-order valence-corrected chi connectivity index (χ4v) is 2.00. The minimum atomic E-state index is 0.295. The maximum atomic E-state index is 5.47. The standard InChI is InChI=1S/C14H24N2O/c1-6-10-15-11(2)14-12(16(3)4)8-7-9-13(14)17-5/h7-9,11,15H,6,10H2,1-5H3. The molecule has 0 saturated carbocycles. The van der Waals surface area contributed by atoms with E-state index < -0.39 is 0 Å². The van der Waals surface area contributed by atoms with Gasteiger partial charge in [0.1, 0.15) is 5.75 Å². The number of nitrogens with one attached hydrogen (secondary N) is 1. The molecule has 1 N–H and O–H groups in total. The highest BCUT2D eigenvalue weighted by Crippen LogP contribution is 2.33. The smallest absolute Gasteiger partial charge is 0.125 e. The van der Waals surface area contributed by atoms with Crippen LogP contribution in [0.4, 0.5) is 5.69 Å². The second kappa shape index (κ2) is 6.50. The third kappa shape index (κ3) is 3.37. The molecule has 3 nitrogen and oxygen atoms in total. The van der Waals surface area contributed by atoms with E-state index >= 15 is 0 Å². The van der Waals surface area contributed by atoms with Crippen molar-refractivity contribution in [3.05, 3.63) is 23.8 Å². The molecule has 1 unspecified atom stereocenters. The van der Waals surface area contributed by atoms with Gasteiger partial charge in [-0.25, -0.2) is 0 Å². The van der Waals surface area contributed by atoms with Gasteiger partial charge in [-0.2, -0.15) is 0 Å². The molecule has 0 fully saturated rings. The Morgan fingerprint density at radius 1 is 1.35 bits per heavy atom. The maximum absolute atomic E-state index is 5.47. The first-order valence-electron chi connectivity index (χ1n) is 6.19. The van der Waals surface area contributed by atoms with Crippen molar-refractivity contribution in [2.75, 3.05) is 32.6 Å². The van der Waals surface area contributed by atoms with Crippen LogP contribution in [0.5, 0.6) is 5.75 Å². The lowest BCUT2D eigenvalue weighted by molar-refractivity contribution is 0.402. The summed E-state index contributed by atoms with van der Waals surface area (Å²) in [6.07, 6.45) is 1.14. The zero-order valence-electron chi connectivity index (χ0n) is 11.6. The van der Waals surface area contributed by atoms with Crippen molar-refractivity contribution in [1.29, 1.82) is 0 Å². The Labute approximate surface area is 105 Å². The van der Waals surface area contributed by atoms with Gasteiger partial charge in [-0.05, 0) is 32.0 Å². The van der Waals surface area contributed by atoms with Crippen molar-refractivity contribution < 1.29 is 4.74 Å².